The number of fused-ring (bicyclic) bond motifs is 1. The molecule has 19 heavy (non-hydrogen) atoms. The van der Waals surface area contributed by atoms with Crippen molar-refractivity contribution in [2.75, 3.05) is 0 Å². The molecule has 1 saturated carbocycles. The first-order valence-corrected chi connectivity index (χ1v) is 8.00. The van der Waals surface area contributed by atoms with Crippen LogP contribution in [-0.4, -0.2) is 10.7 Å². The monoisotopic (exact) mass is 258 g/mol. The van der Waals surface area contributed by atoms with E-state index in [1.807, 2.05) is 0 Å². The minimum Gasteiger partial charge on any atom is -0.389 e. The van der Waals surface area contributed by atoms with Crippen molar-refractivity contribution in [1.29, 1.82) is 0 Å². The molecular weight excluding hydrogens is 232 g/mol. The normalized spacial score (nSPS) is 34.8. The Bertz CT molecular complexity index is 431. The predicted octanol–water partition coefficient (Wildman–Crippen LogP) is 4.12. The summed E-state index contributed by atoms with van der Waals surface area (Å²) in [6, 6.07) is 8.66. The van der Waals surface area contributed by atoms with Gasteiger partial charge in [0.05, 0.1) is 5.60 Å². The van der Waals surface area contributed by atoms with E-state index in [-0.39, 0.29) is 0 Å². The van der Waals surface area contributed by atoms with Gasteiger partial charge in [-0.05, 0) is 48.6 Å². The van der Waals surface area contributed by atoms with Crippen molar-refractivity contribution in [1.82, 2.24) is 0 Å². The fourth-order valence-electron chi connectivity index (χ4n) is 4.20. The van der Waals surface area contributed by atoms with Gasteiger partial charge in [-0.2, -0.15) is 0 Å². The van der Waals surface area contributed by atoms with Gasteiger partial charge in [-0.15, -0.1) is 0 Å². The number of rotatable bonds is 2. The van der Waals surface area contributed by atoms with Gasteiger partial charge in [-0.25, -0.2) is 0 Å². The fourth-order valence-corrected chi connectivity index (χ4v) is 4.20. The molecule has 1 atom stereocenters. The molecule has 0 bridgehead atoms. The Labute approximate surface area is 117 Å². The summed E-state index contributed by atoms with van der Waals surface area (Å²) in [7, 11) is 0. The van der Waals surface area contributed by atoms with Crippen LogP contribution < -0.4 is 0 Å². The maximum Gasteiger partial charge on any atom is 0.0719 e. The molecule has 1 unspecified atom stereocenters. The minimum absolute atomic E-state index is 0.424. The molecule has 1 heteroatoms. The molecule has 3 rings (SSSR count). The lowest BCUT2D eigenvalue weighted by Crippen LogP contribution is -2.44. The van der Waals surface area contributed by atoms with E-state index in [1.54, 1.807) is 0 Å². The van der Waals surface area contributed by atoms with Gasteiger partial charge in [0.15, 0.2) is 0 Å². The van der Waals surface area contributed by atoms with Crippen molar-refractivity contribution in [3.05, 3.63) is 35.4 Å². The Balaban J connectivity index is 1.72. The van der Waals surface area contributed by atoms with Crippen LogP contribution in [0.3, 0.4) is 0 Å². The summed E-state index contributed by atoms with van der Waals surface area (Å²) < 4.78 is 0. The zero-order chi connectivity index (χ0) is 13.3. The third-order valence-electron chi connectivity index (χ3n) is 5.63. The van der Waals surface area contributed by atoms with Gasteiger partial charge in [0.1, 0.15) is 0 Å². The SMILES string of the molecule is CCC1CCC(C2(O)CCc3ccccc3C2)CC1. The minimum atomic E-state index is -0.424. The topological polar surface area (TPSA) is 20.2 Å². The Morgan fingerprint density at radius 2 is 1.79 bits per heavy atom. The third kappa shape index (κ3) is 2.58. The number of aryl methyl sites for hydroxylation is 1. The largest absolute Gasteiger partial charge is 0.389 e. The van der Waals surface area contributed by atoms with Crippen LogP contribution in [-0.2, 0) is 12.8 Å². The summed E-state index contributed by atoms with van der Waals surface area (Å²) in [5, 5.41) is 11.1. The smallest absolute Gasteiger partial charge is 0.0719 e. The van der Waals surface area contributed by atoms with Crippen molar-refractivity contribution < 1.29 is 5.11 Å². The van der Waals surface area contributed by atoms with Gasteiger partial charge in [0.25, 0.3) is 0 Å². The van der Waals surface area contributed by atoms with Crippen molar-refractivity contribution in [2.24, 2.45) is 11.8 Å². The highest BCUT2D eigenvalue weighted by Crippen LogP contribution is 2.42. The van der Waals surface area contributed by atoms with E-state index in [9.17, 15) is 5.11 Å². The first-order chi connectivity index (χ1) is 9.21. The molecule has 0 amide bonds. The van der Waals surface area contributed by atoms with Crippen LogP contribution >= 0.6 is 0 Å². The Morgan fingerprint density at radius 1 is 1.11 bits per heavy atom. The van der Waals surface area contributed by atoms with Crippen LogP contribution in [0, 0.1) is 11.8 Å². The molecule has 0 aliphatic heterocycles. The zero-order valence-electron chi connectivity index (χ0n) is 12.1. The number of hydrogen-bond acceptors (Lipinski definition) is 1. The van der Waals surface area contributed by atoms with Gasteiger partial charge >= 0.3 is 0 Å². The van der Waals surface area contributed by atoms with Crippen LogP contribution in [0.4, 0.5) is 0 Å². The molecule has 2 aliphatic carbocycles. The molecule has 1 N–H and O–H groups in total. The lowest BCUT2D eigenvalue weighted by Gasteiger charge is -2.43. The van der Waals surface area contributed by atoms with Crippen LogP contribution in [0.5, 0.6) is 0 Å². The maximum atomic E-state index is 11.1. The Hall–Kier alpha value is -0.820. The van der Waals surface area contributed by atoms with E-state index in [4.69, 9.17) is 0 Å². The van der Waals surface area contributed by atoms with Gasteiger partial charge < -0.3 is 5.11 Å². The average molecular weight is 258 g/mol. The third-order valence-corrected chi connectivity index (χ3v) is 5.63. The predicted molar refractivity (Wildman–Crippen MR) is 79.2 cm³/mol. The summed E-state index contributed by atoms with van der Waals surface area (Å²) in [6.07, 6.45) is 9.33. The Kier molecular flexibility index (Phi) is 3.66. The van der Waals surface area contributed by atoms with E-state index >= 15 is 0 Å². The molecular formula is C18H26O. The summed E-state index contributed by atoms with van der Waals surface area (Å²) in [6.45, 7) is 2.30. The Morgan fingerprint density at radius 3 is 2.47 bits per heavy atom. The van der Waals surface area contributed by atoms with Crippen molar-refractivity contribution in [2.45, 2.75) is 63.9 Å². The molecule has 1 fully saturated rings. The fraction of sp³-hybridized carbons (Fsp3) is 0.667. The molecule has 0 radical (unpaired) electrons. The standard InChI is InChI=1S/C18H26O/c1-2-14-7-9-17(10-8-14)18(19)12-11-15-5-3-4-6-16(15)13-18/h3-6,14,17,19H,2,7-13H2,1H3. The zero-order valence-corrected chi connectivity index (χ0v) is 12.1. The highest BCUT2D eigenvalue weighted by Gasteiger charge is 2.40. The second-order valence-corrected chi connectivity index (χ2v) is 6.67. The lowest BCUT2D eigenvalue weighted by atomic mass is 9.66. The number of benzene rings is 1. The van der Waals surface area contributed by atoms with Crippen molar-refractivity contribution in [3.63, 3.8) is 0 Å². The molecule has 0 saturated heterocycles. The quantitative estimate of drug-likeness (QED) is 0.846. The molecule has 2 aliphatic rings. The number of aliphatic hydroxyl groups is 1. The van der Waals surface area contributed by atoms with Gasteiger partial charge in [-0.1, -0.05) is 50.5 Å². The highest BCUT2D eigenvalue weighted by molar-refractivity contribution is 5.31. The van der Waals surface area contributed by atoms with E-state index in [0.717, 1.165) is 25.2 Å². The summed E-state index contributed by atoms with van der Waals surface area (Å²) >= 11 is 0. The molecule has 1 aromatic carbocycles. The van der Waals surface area contributed by atoms with Crippen LogP contribution in [0.2, 0.25) is 0 Å². The summed E-state index contributed by atoms with van der Waals surface area (Å²) in [5.74, 6) is 1.44. The molecule has 0 spiro atoms. The first kappa shape index (κ1) is 13.2. The van der Waals surface area contributed by atoms with Gasteiger partial charge in [0.2, 0.25) is 0 Å². The lowest BCUT2D eigenvalue weighted by molar-refractivity contribution is -0.0489. The molecule has 1 nitrogen and oxygen atoms in total. The first-order valence-electron chi connectivity index (χ1n) is 8.00. The van der Waals surface area contributed by atoms with E-state index < -0.39 is 5.60 Å². The maximum absolute atomic E-state index is 11.1. The second-order valence-electron chi connectivity index (χ2n) is 6.67. The van der Waals surface area contributed by atoms with Crippen LogP contribution in [0.1, 0.15) is 56.6 Å². The second kappa shape index (κ2) is 5.28. The van der Waals surface area contributed by atoms with E-state index in [0.29, 0.717) is 5.92 Å². The molecule has 0 aromatic heterocycles. The van der Waals surface area contributed by atoms with E-state index in [2.05, 4.69) is 31.2 Å². The molecule has 1 aromatic rings. The number of hydrogen-bond donors (Lipinski definition) is 1. The summed E-state index contributed by atoms with van der Waals surface area (Å²) in [4.78, 5) is 0. The van der Waals surface area contributed by atoms with Crippen molar-refractivity contribution >= 4 is 0 Å². The molecule has 104 valence electrons. The van der Waals surface area contributed by atoms with Crippen LogP contribution in [0.15, 0.2) is 24.3 Å². The van der Waals surface area contributed by atoms with Gasteiger partial charge in [0, 0.05) is 6.42 Å². The summed E-state index contributed by atoms with van der Waals surface area (Å²) in [5.41, 5.74) is 2.41. The average Bonchev–Trinajstić information content (AvgIpc) is 2.47. The highest BCUT2D eigenvalue weighted by atomic mass is 16.3. The molecule has 0 heterocycles. The van der Waals surface area contributed by atoms with Crippen LogP contribution in [0.25, 0.3) is 0 Å². The van der Waals surface area contributed by atoms with Gasteiger partial charge in [-0.3, -0.25) is 0 Å². The van der Waals surface area contributed by atoms with E-state index in [1.165, 1.54) is 43.2 Å². The van der Waals surface area contributed by atoms with Crippen molar-refractivity contribution in [3.8, 4) is 0 Å².